The smallest absolute Gasteiger partial charge is 0.239 e. The van der Waals surface area contributed by atoms with Crippen LogP contribution in [0.1, 0.15) is 25.3 Å². The normalized spacial score (nSPS) is 15.1. The highest BCUT2D eigenvalue weighted by Gasteiger charge is 2.22. The first-order chi connectivity index (χ1) is 16.4. The monoisotopic (exact) mass is 476 g/mol. The Hall–Kier alpha value is -3.36. The van der Waals surface area contributed by atoms with Gasteiger partial charge in [-0.25, -0.2) is 12.4 Å². The van der Waals surface area contributed by atoms with Crippen LogP contribution in [0.15, 0.2) is 60.7 Å². The van der Waals surface area contributed by atoms with Crippen molar-refractivity contribution < 1.29 is 13.2 Å². The van der Waals surface area contributed by atoms with Crippen LogP contribution in [0.2, 0.25) is 0 Å². The third kappa shape index (κ3) is 4.15. The summed E-state index contributed by atoms with van der Waals surface area (Å²) in [5.41, 5.74) is 8.31. The zero-order chi connectivity index (χ0) is 23.9. The van der Waals surface area contributed by atoms with Crippen LogP contribution in [-0.2, 0) is 10.0 Å². The molecule has 0 saturated carbocycles. The lowest BCUT2D eigenvalue weighted by molar-refractivity contribution is 0.162. The van der Waals surface area contributed by atoms with Gasteiger partial charge in [0.15, 0.2) is 0 Å². The predicted octanol–water partition coefficient (Wildman–Crippen LogP) is 4.07. The van der Waals surface area contributed by atoms with Crippen molar-refractivity contribution in [2.75, 3.05) is 18.8 Å². The molecule has 7 nitrogen and oxygen atoms in total. The van der Waals surface area contributed by atoms with Gasteiger partial charge in [0.1, 0.15) is 17.7 Å². The Kier molecular flexibility index (Phi) is 5.79. The Bertz CT molecular complexity index is 1500. The molecule has 4 aromatic rings. The molecule has 5 rings (SSSR count). The average molecular weight is 477 g/mol. The number of nitrogens with two attached hydrogens (primary N) is 1. The lowest BCUT2D eigenvalue weighted by Gasteiger charge is -2.23. The summed E-state index contributed by atoms with van der Waals surface area (Å²) in [6.07, 6.45) is 2.07. The maximum absolute atomic E-state index is 13.2. The number of benzene rings is 3. The van der Waals surface area contributed by atoms with Crippen LogP contribution in [0.3, 0.4) is 0 Å². The lowest BCUT2D eigenvalue weighted by atomic mass is 10.0. The minimum Gasteiger partial charge on any atom is -0.490 e. The van der Waals surface area contributed by atoms with Crippen LogP contribution in [0, 0.1) is 5.41 Å². The average Bonchev–Trinajstić information content (AvgIpc) is 3.23. The van der Waals surface area contributed by atoms with Crippen LogP contribution in [0.5, 0.6) is 5.75 Å². The molecular formula is C26H28N4O3S. The lowest BCUT2D eigenvalue weighted by Crippen LogP contribution is -2.34. The number of hydrogen-bond donors (Lipinski definition) is 3. The molecule has 176 valence electrons. The minimum atomic E-state index is -3.56. The van der Waals surface area contributed by atoms with E-state index in [4.69, 9.17) is 15.9 Å². The van der Waals surface area contributed by atoms with Crippen molar-refractivity contribution in [3.8, 4) is 17.0 Å². The van der Waals surface area contributed by atoms with Gasteiger partial charge in [-0.1, -0.05) is 24.3 Å². The van der Waals surface area contributed by atoms with Crippen molar-refractivity contribution in [2.45, 2.75) is 25.9 Å². The highest BCUT2D eigenvalue weighted by atomic mass is 32.2. The van der Waals surface area contributed by atoms with E-state index >= 15 is 0 Å². The zero-order valence-electron chi connectivity index (χ0n) is 19.0. The molecule has 0 spiro atoms. The number of aromatic nitrogens is 1. The number of piperidine rings is 1. The largest absolute Gasteiger partial charge is 0.490 e. The summed E-state index contributed by atoms with van der Waals surface area (Å²) in [4.78, 5) is 0. The van der Waals surface area contributed by atoms with Crippen LogP contribution < -0.4 is 15.8 Å². The Balaban J connectivity index is 1.64. The van der Waals surface area contributed by atoms with E-state index in [1.807, 2.05) is 60.7 Å². The molecular weight excluding hydrogens is 448 g/mol. The summed E-state index contributed by atoms with van der Waals surface area (Å²) in [6.45, 7) is 3.53. The first-order valence-corrected chi connectivity index (χ1v) is 13.1. The molecule has 1 aromatic heterocycles. The van der Waals surface area contributed by atoms with Crippen molar-refractivity contribution in [3.63, 3.8) is 0 Å². The molecule has 1 aliphatic heterocycles. The van der Waals surface area contributed by atoms with Gasteiger partial charge in [-0.2, -0.15) is 0 Å². The van der Waals surface area contributed by atoms with Crippen molar-refractivity contribution in [1.82, 2.24) is 9.29 Å². The number of nitrogens with one attached hydrogen (secondary N) is 2. The van der Waals surface area contributed by atoms with Gasteiger partial charge < -0.3 is 15.8 Å². The molecule has 4 N–H and O–H groups in total. The summed E-state index contributed by atoms with van der Waals surface area (Å²) in [5, 5.41) is 13.8. The second-order valence-corrected chi connectivity index (χ2v) is 10.8. The van der Waals surface area contributed by atoms with E-state index in [1.165, 1.54) is 3.97 Å². The summed E-state index contributed by atoms with van der Waals surface area (Å²) in [6, 6.07) is 18.9. The van der Waals surface area contributed by atoms with E-state index in [1.54, 1.807) is 6.92 Å². The van der Waals surface area contributed by atoms with Gasteiger partial charge in [-0.15, -0.1) is 0 Å². The number of amidine groups is 1. The van der Waals surface area contributed by atoms with Crippen LogP contribution >= 0.6 is 0 Å². The Morgan fingerprint density at radius 1 is 1.03 bits per heavy atom. The third-order valence-corrected chi connectivity index (χ3v) is 8.09. The fraction of sp³-hybridized carbons (Fsp3) is 0.269. The van der Waals surface area contributed by atoms with E-state index < -0.39 is 10.0 Å². The highest BCUT2D eigenvalue weighted by molar-refractivity contribution is 7.90. The van der Waals surface area contributed by atoms with E-state index in [2.05, 4.69) is 5.32 Å². The number of fused-ring (bicyclic) bond motifs is 2. The second kappa shape index (κ2) is 8.77. The summed E-state index contributed by atoms with van der Waals surface area (Å²) in [7, 11) is -3.56. The molecule has 1 saturated heterocycles. The number of nitrogen functional groups attached to an aromatic ring is 1. The topological polar surface area (TPSA) is 110 Å². The minimum absolute atomic E-state index is 0.00347. The standard InChI is InChI=1S/C26H28N4O3S/c1-2-34(31,32)30-24-8-7-23(33-22-9-11-29-12-10-22)15-21(24)16-25(30)18-5-3-17-4-6-19(26(27)28)14-20(17)13-18/h3-8,13-16,22,29H,2,9-12H2,1H3,(H3,27,28). The summed E-state index contributed by atoms with van der Waals surface area (Å²) >= 11 is 0. The van der Waals surface area contributed by atoms with E-state index in [-0.39, 0.29) is 17.7 Å². The molecule has 0 unspecified atom stereocenters. The fourth-order valence-electron chi connectivity index (χ4n) is 4.55. The molecule has 3 aromatic carbocycles. The molecule has 8 heteroatoms. The number of ether oxygens (including phenoxy) is 1. The predicted molar refractivity (Wildman–Crippen MR) is 137 cm³/mol. The molecule has 0 atom stereocenters. The SMILES string of the molecule is CCS(=O)(=O)n1c(-c2ccc3ccc(C(=N)N)cc3c2)cc2cc(OC3CCNCC3)ccc21. The zero-order valence-corrected chi connectivity index (χ0v) is 19.9. The third-order valence-electron chi connectivity index (χ3n) is 6.41. The first kappa shape index (κ1) is 22.4. The number of rotatable bonds is 6. The first-order valence-electron chi connectivity index (χ1n) is 11.5. The quantitative estimate of drug-likeness (QED) is 0.287. The number of nitrogens with zero attached hydrogens (tertiary/aromatic N) is 1. The number of hydrogen-bond acceptors (Lipinski definition) is 5. The Morgan fingerprint density at radius 2 is 1.79 bits per heavy atom. The Labute approximate surface area is 199 Å². The van der Waals surface area contributed by atoms with Gasteiger partial charge in [-0.05, 0) is 85.6 Å². The van der Waals surface area contributed by atoms with Gasteiger partial charge in [0.05, 0.1) is 17.0 Å². The molecule has 34 heavy (non-hydrogen) atoms. The molecule has 0 amide bonds. The maximum Gasteiger partial charge on any atom is 0.239 e. The fourth-order valence-corrected chi connectivity index (χ4v) is 5.73. The van der Waals surface area contributed by atoms with Gasteiger partial charge >= 0.3 is 0 Å². The van der Waals surface area contributed by atoms with Crippen LogP contribution in [0.4, 0.5) is 0 Å². The summed E-state index contributed by atoms with van der Waals surface area (Å²) in [5.74, 6) is 0.733. The maximum atomic E-state index is 13.2. The molecule has 2 heterocycles. The molecule has 1 aliphatic rings. The van der Waals surface area contributed by atoms with Crippen molar-refractivity contribution >= 4 is 37.5 Å². The van der Waals surface area contributed by atoms with Crippen LogP contribution in [0.25, 0.3) is 32.9 Å². The van der Waals surface area contributed by atoms with Crippen LogP contribution in [-0.4, -0.2) is 43.2 Å². The van der Waals surface area contributed by atoms with Crippen molar-refractivity contribution in [2.24, 2.45) is 5.73 Å². The summed E-state index contributed by atoms with van der Waals surface area (Å²) < 4.78 is 33.9. The molecule has 0 aliphatic carbocycles. The molecule has 1 fully saturated rings. The second-order valence-electron chi connectivity index (χ2n) is 8.67. The van der Waals surface area contributed by atoms with E-state index in [0.717, 1.165) is 53.4 Å². The van der Waals surface area contributed by atoms with Gasteiger partial charge in [0.25, 0.3) is 0 Å². The van der Waals surface area contributed by atoms with E-state index in [9.17, 15) is 8.42 Å². The van der Waals surface area contributed by atoms with Gasteiger partial charge in [-0.3, -0.25) is 5.41 Å². The van der Waals surface area contributed by atoms with Gasteiger partial charge in [0.2, 0.25) is 10.0 Å². The van der Waals surface area contributed by atoms with Gasteiger partial charge in [0, 0.05) is 10.9 Å². The highest BCUT2D eigenvalue weighted by Crippen LogP contribution is 2.34. The molecule has 0 radical (unpaired) electrons. The molecule has 0 bridgehead atoms. The Morgan fingerprint density at radius 3 is 2.53 bits per heavy atom. The van der Waals surface area contributed by atoms with E-state index in [0.29, 0.717) is 16.8 Å². The van der Waals surface area contributed by atoms with Crippen molar-refractivity contribution in [3.05, 3.63) is 66.2 Å². The van der Waals surface area contributed by atoms with Crippen molar-refractivity contribution in [1.29, 1.82) is 5.41 Å².